The summed E-state index contributed by atoms with van der Waals surface area (Å²) < 4.78 is 2.06. The van der Waals surface area contributed by atoms with E-state index in [2.05, 4.69) is 33.8 Å². The number of unbranched alkanes of at least 4 members (excludes halogenated alkanes) is 1. The van der Waals surface area contributed by atoms with E-state index in [1.54, 1.807) is 6.20 Å². The molecule has 0 saturated heterocycles. The Morgan fingerprint density at radius 3 is 2.73 bits per heavy atom. The van der Waals surface area contributed by atoms with Crippen molar-refractivity contribution in [2.45, 2.75) is 51.5 Å². The van der Waals surface area contributed by atoms with Gasteiger partial charge in [0.15, 0.2) is 0 Å². The summed E-state index contributed by atoms with van der Waals surface area (Å²) in [4.78, 5) is 20.2. The van der Waals surface area contributed by atoms with Crippen LogP contribution < -0.4 is 0 Å². The summed E-state index contributed by atoms with van der Waals surface area (Å²) in [5.74, 6) is -0.775. The van der Waals surface area contributed by atoms with Crippen LogP contribution >= 0.6 is 0 Å². The molecule has 0 bridgehead atoms. The van der Waals surface area contributed by atoms with E-state index in [4.69, 9.17) is 9.94 Å². The van der Waals surface area contributed by atoms with Gasteiger partial charge in [-0.05, 0) is 31.2 Å². The normalized spacial score (nSPS) is 12.7. The van der Waals surface area contributed by atoms with Gasteiger partial charge in [0.2, 0.25) is 0 Å². The second kappa shape index (κ2) is 11.1. The van der Waals surface area contributed by atoms with Crippen LogP contribution in [0.25, 0.3) is 0 Å². The summed E-state index contributed by atoms with van der Waals surface area (Å²) in [6.07, 6.45) is 9.61. The second-order valence-corrected chi connectivity index (χ2v) is 6.23. The Morgan fingerprint density at radius 2 is 2.08 bits per heavy atom. The monoisotopic (exact) mass is 357 g/mol. The molecule has 2 aromatic rings. The Bertz CT molecular complexity index is 669. The second-order valence-electron chi connectivity index (χ2n) is 6.23. The van der Waals surface area contributed by atoms with Gasteiger partial charge in [0.05, 0.1) is 18.1 Å². The lowest BCUT2D eigenvalue weighted by molar-refractivity contribution is -0.137. The molecule has 0 amide bonds. The molecule has 26 heavy (non-hydrogen) atoms. The highest BCUT2D eigenvalue weighted by molar-refractivity contribution is 5.88. The third-order valence-electron chi connectivity index (χ3n) is 4.11. The number of hydrogen-bond acceptors (Lipinski definition) is 4. The van der Waals surface area contributed by atoms with Crippen molar-refractivity contribution in [3.05, 3.63) is 54.6 Å². The molecule has 0 aliphatic rings. The van der Waals surface area contributed by atoms with Crippen LogP contribution in [0.2, 0.25) is 0 Å². The van der Waals surface area contributed by atoms with Gasteiger partial charge in [-0.25, -0.2) is 4.98 Å². The summed E-state index contributed by atoms with van der Waals surface area (Å²) in [6, 6.07) is 10.4. The molecule has 1 unspecified atom stereocenters. The van der Waals surface area contributed by atoms with Crippen LogP contribution in [0.5, 0.6) is 0 Å². The number of carbonyl (C=O) groups is 1. The lowest BCUT2D eigenvalue weighted by Crippen LogP contribution is -2.21. The first kappa shape index (κ1) is 19.7. The average molecular weight is 357 g/mol. The van der Waals surface area contributed by atoms with Crippen LogP contribution in [-0.2, 0) is 16.1 Å². The van der Waals surface area contributed by atoms with Crippen LogP contribution in [0.1, 0.15) is 50.6 Å². The van der Waals surface area contributed by atoms with E-state index in [1.807, 2.05) is 30.7 Å². The minimum absolute atomic E-state index is 0.0545. The van der Waals surface area contributed by atoms with Crippen molar-refractivity contribution in [1.29, 1.82) is 0 Å². The smallest absolute Gasteiger partial charge is 0.303 e. The molecule has 0 saturated carbocycles. The SMILES string of the molecule is CCC/C(=N\OCCCCC(=O)O)C(Cc1ccccc1)n1ccnc1. The Hall–Kier alpha value is -2.63. The van der Waals surface area contributed by atoms with Crippen LogP contribution in [0.3, 0.4) is 0 Å². The van der Waals surface area contributed by atoms with Crippen molar-refractivity contribution >= 4 is 11.7 Å². The number of imidazole rings is 1. The average Bonchev–Trinajstić information content (AvgIpc) is 3.17. The van der Waals surface area contributed by atoms with Crippen molar-refractivity contribution in [3.63, 3.8) is 0 Å². The summed E-state index contributed by atoms with van der Waals surface area (Å²) in [7, 11) is 0. The molecule has 0 radical (unpaired) electrons. The molecule has 1 atom stereocenters. The summed E-state index contributed by atoms with van der Waals surface area (Å²) in [5.41, 5.74) is 2.21. The van der Waals surface area contributed by atoms with Crippen molar-refractivity contribution in [2.24, 2.45) is 5.16 Å². The maximum absolute atomic E-state index is 10.5. The molecule has 6 nitrogen and oxygen atoms in total. The fraction of sp³-hybridized carbons (Fsp3) is 0.450. The summed E-state index contributed by atoms with van der Waals surface area (Å²) in [5, 5.41) is 13.1. The quantitative estimate of drug-likeness (QED) is 0.352. The molecule has 1 N–H and O–H groups in total. The number of aliphatic carboxylic acids is 1. The first-order chi connectivity index (χ1) is 12.7. The molecule has 6 heteroatoms. The summed E-state index contributed by atoms with van der Waals surface area (Å²) >= 11 is 0. The largest absolute Gasteiger partial charge is 0.481 e. The van der Waals surface area contributed by atoms with Crippen molar-refractivity contribution < 1.29 is 14.7 Å². The standard InChI is InChI=1S/C20H27N3O3/c1-2-8-18(22-26-14-7-6-11-20(24)25)19(23-13-12-21-16-23)15-17-9-4-3-5-10-17/h3-5,9-10,12-13,16,19H,2,6-8,11,14-15H2,1H3,(H,24,25)/b22-18+. The predicted molar refractivity (Wildman–Crippen MR) is 101 cm³/mol. The maximum atomic E-state index is 10.5. The van der Waals surface area contributed by atoms with E-state index in [0.29, 0.717) is 19.4 Å². The van der Waals surface area contributed by atoms with Gasteiger partial charge in [-0.3, -0.25) is 4.79 Å². The number of benzene rings is 1. The molecular weight excluding hydrogens is 330 g/mol. The number of carboxylic acid groups (broad SMARTS) is 1. The molecule has 1 heterocycles. The lowest BCUT2D eigenvalue weighted by atomic mass is 9.99. The van der Waals surface area contributed by atoms with Crippen LogP contribution in [0.4, 0.5) is 0 Å². The first-order valence-corrected chi connectivity index (χ1v) is 9.12. The van der Waals surface area contributed by atoms with E-state index in [-0.39, 0.29) is 12.5 Å². The van der Waals surface area contributed by atoms with E-state index in [1.165, 1.54) is 5.56 Å². The van der Waals surface area contributed by atoms with Gasteiger partial charge >= 0.3 is 5.97 Å². The number of aromatic nitrogens is 2. The Kier molecular flexibility index (Phi) is 8.39. The van der Waals surface area contributed by atoms with Crippen LogP contribution in [-0.4, -0.2) is 32.9 Å². The summed E-state index contributed by atoms with van der Waals surface area (Å²) in [6.45, 7) is 2.55. The molecule has 2 rings (SSSR count). The van der Waals surface area contributed by atoms with Crippen molar-refractivity contribution in [3.8, 4) is 0 Å². The lowest BCUT2D eigenvalue weighted by Gasteiger charge is -2.20. The fourth-order valence-corrected chi connectivity index (χ4v) is 2.79. The first-order valence-electron chi connectivity index (χ1n) is 9.12. The van der Waals surface area contributed by atoms with Gasteiger partial charge in [0, 0.05) is 18.8 Å². The van der Waals surface area contributed by atoms with Gasteiger partial charge in [0.1, 0.15) is 6.61 Å². The van der Waals surface area contributed by atoms with Crippen LogP contribution in [0, 0.1) is 0 Å². The van der Waals surface area contributed by atoms with Gasteiger partial charge in [-0.2, -0.15) is 0 Å². The van der Waals surface area contributed by atoms with E-state index < -0.39 is 5.97 Å². The molecule has 1 aromatic carbocycles. The highest BCUT2D eigenvalue weighted by Crippen LogP contribution is 2.19. The van der Waals surface area contributed by atoms with E-state index in [9.17, 15) is 4.79 Å². The molecule has 0 aliphatic heterocycles. The molecule has 0 aliphatic carbocycles. The number of carboxylic acids is 1. The van der Waals surface area contributed by atoms with Gasteiger partial charge < -0.3 is 14.5 Å². The number of rotatable bonds is 12. The Labute approximate surface area is 154 Å². The molecule has 0 spiro atoms. The topological polar surface area (TPSA) is 76.7 Å². The molecule has 1 aromatic heterocycles. The van der Waals surface area contributed by atoms with Crippen molar-refractivity contribution in [2.75, 3.05) is 6.61 Å². The van der Waals surface area contributed by atoms with Gasteiger partial charge in [-0.1, -0.05) is 48.8 Å². The Balaban J connectivity index is 2.05. The Morgan fingerprint density at radius 1 is 1.27 bits per heavy atom. The van der Waals surface area contributed by atoms with Crippen molar-refractivity contribution in [1.82, 2.24) is 9.55 Å². The third-order valence-corrected chi connectivity index (χ3v) is 4.11. The zero-order valence-corrected chi connectivity index (χ0v) is 15.3. The van der Waals surface area contributed by atoms with Gasteiger partial charge in [0.25, 0.3) is 0 Å². The van der Waals surface area contributed by atoms with Gasteiger partial charge in [-0.15, -0.1) is 0 Å². The fourth-order valence-electron chi connectivity index (χ4n) is 2.79. The van der Waals surface area contributed by atoms with E-state index in [0.717, 1.165) is 25.0 Å². The van der Waals surface area contributed by atoms with E-state index >= 15 is 0 Å². The molecule has 140 valence electrons. The molecular formula is C20H27N3O3. The predicted octanol–water partition coefficient (Wildman–Crippen LogP) is 4.09. The highest BCUT2D eigenvalue weighted by atomic mass is 16.6. The zero-order valence-electron chi connectivity index (χ0n) is 15.3. The highest BCUT2D eigenvalue weighted by Gasteiger charge is 2.19. The molecule has 0 fully saturated rings. The minimum Gasteiger partial charge on any atom is -0.481 e. The number of hydrogen-bond donors (Lipinski definition) is 1. The maximum Gasteiger partial charge on any atom is 0.303 e. The number of oxime groups is 1. The van der Waals surface area contributed by atoms with Crippen LogP contribution in [0.15, 0.2) is 54.2 Å². The minimum atomic E-state index is -0.775. The number of nitrogens with zero attached hydrogens (tertiary/aromatic N) is 3. The third kappa shape index (κ3) is 6.70. The zero-order chi connectivity index (χ0) is 18.6.